The largest absolute Gasteiger partial charge is 0.391 e. The number of carbonyl (C=O) groups is 1. The number of likely N-dealkylation sites (tertiary alicyclic amines) is 1. The standard InChI is InChI=1S/C19H17N3O2/c23-14-7-10-22(12-14)19(24)16-11-18(13-5-8-20-9-6-13)21-17-4-2-1-3-15(16)17/h1-6,8-9,11,14,23H,7,10,12H2/t14-/m1/s1. The number of benzene rings is 1. The molecule has 1 aliphatic heterocycles. The van der Waals surface area contributed by atoms with Gasteiger partial charge in [-0.05, 0) is 30.7 Å². The van der Waals surface area contributed by atoms with E-state index in [-0.39, 0.29) is 5.91 Å². The molecule has 0 bridgehead atoms. The van der Waals surface area contributed by atoms with E-state index in [0.717, 1.165) is 22.2 Å². The van der Waals surface area contributed by atoms with Crippen LogP contribution in [0.5, 0.6) is 0 Å². The van der Waals surface area contributed by atoms with Crippen molar-refractivity contribution in [3.63, 3.8) is 0 Å². The Morgan fingerprint density at radius 1 is 1.17 bits per heavy atom. The zero-order chi connectivity index (χ0) is 16.5. The summed E-state index contributed by atoms with van der Waals surface area (Å²) in [4.78, 5) is 23.4. The van der Waals surface area contributed by atoms with Crippen molar-refractivity contribution in [2.24, 2.45) is 0 Å². The smallest absolute Gasteiger partial charge is 0.254 e. The van der Waals surface area contributed by atoms with Crippen LogP contribution in [0.1, 0.15) is 16.8 Å². The van der Waals surface area contributed by atoms with Gasteiger partial charge in [0.2, 0.25) is 0 Å². The van der Waals surface area contributed by atoms with Crippen LogP contribution in [0.2, 0.25) is 0 Å². The molecular formula is C19H17N3O2. The van der Waals surface area contributed by atoms with E-state index in [4.69, 9.17) is 0 Å². The van der Waals surface area contributed by atoms with Gasteiger partial charge < -0.3 is 10.0 Å². The molecule has 4 rings (SSSR count). The molecule has 1 amide bonds. The molecular weight excluding hydrogens is 302 g/mol. The van der Waals surface area contributed by atoms with Crippen LogP contribution < -0.4 is 0 Å². The first kappa shape index (κ1) is 14.8. The van der Waals surface area contributed by atoms with Crippen molar-refractivity contribution in [2.45, 2.75) is 12.5 Å². The zero-order valence-corrected chi connectivity index (χ0v) is 13.1. The van der Waals surface area contributed by atoms with Crippen LogP contribution in [0.25, 0.3) is 22.2 Å². The minimum absolute atomic E-state index is 0.0551. The molecule has 5 heteroatoms. The third kappa shape index (κ3) is 2.63. The number of pyridine rings is 2. The third-order valence-electron chi connectivity index (χ3n) is 4.37. The molecule has 3 heterocycles. The van der Waals surface area contributed by atoms with Crippen molar-refractivity contribution in [2.75, 3.05) is 13.1 Å². The number of aliphatic hydroxyl groups excluding tert-OH is 1. The molecule has 1 atom stereocenters. The van der Waals surface area contributed by atoms with E-state index >= 15 is 0 Å². The highest BCUT2D eigenvalue weighted by Gasteiger charge is 2.27. The summed E-state index contributed by atoms with van der Waals surface area (Å²) in [6.45, 7) is 0.974. The van der Waals surface area contributed by atoms with Crippen molar-refractivity contribution in [1.29, 1.82) is 0 Å². The van der Waals surface area contributed by atoms with Gasteiger partial charge in [0.1, 0.15) is 0 Å². The Kier molecular flexibility index (Phi) is 3.70. The first-order chi connectivity index (χ1) is 11.7. The number of amides is 1. The van der Waals surface area contributed by atoms with E-state index in [1.165, 1.54) is 0 Å². The van der Waals surface area contributed by atoms with Gasteiger partial charge in [-0.3, -0.25) is 9.78 Å². The van der Waals surface area contributed by atoms with Gasteiger partial charge in [-0.2, -0.15) is 0 Å². The fraction of sp³-hybridized carbons (Fsp3) is 0.211. The van der Waals surface area contributed by atoms with Crippen LogP contribution in [0, 0.1) is 0 Å². The molecule has 5 nitrogen and oxygen atoms in total. The van der Waals surface area contributed by atoms with E-state index in [1.54, 1.807) is 17.3 Å². The van der Waals surface area contributed by atoms with Gasteiger partial charge in [0, 0.05) is 36.4 Å². The molecule has 3 aromatic rings. The number of hydrogen-bond acceptors (Lipinski definition) is 4. The number of aliphatic hydroxyl groups is 1. The Morgan fingerprint density at radius 3 is 2.71 bits per heavy atom. The lowest BCUT2D eigenvalue weighted by Gasteiger charge is -2.17. The quantitative estimate of drug-likeness (QED) is 0.788. The highest BCUT2D eigenvalue weighted by atomic mass is 16.3. The predicted molar refractivity (Wildman–Crippen MR) is 91.5 cm³/mol. The van der Waals surface area contributed by atoms with Crippen molar-refractivity contribution < 1.29 is 9.90 Å². The number of para-hydroxylation sites is 1. The lowest BCUT2D eigenvalue weighted by atomic mass is 10.0. The second-order valence-electron chi connectivity index (χ2n) is 6.00. The molecule has 1 N–H and O–H groups in total. The molecule has 0 saturated carbocycles. The lowest BCUT2D eigenvalue weighted by Crippen LogP contribution is -2.29. The molecule has 0 unspecified atom stereocenters. The number of rotatable bonds is 2. The molecule has 2 aromatic heterocycles. The summed E-state index contributed by atoms with van der Waals surface area (Å²) in [5, 5.41) is 10.6. The normalized spacial score (nSPS) is 17.4. The van der Waals surface area contributed by atoms with E-state index in [0.29, 0.717) is 25.1 Å². The van der Waals surface area contributed by atoms with E-state index < -0.39 is 6.10 Å². The van der Waals surface area contributed by atoms with Gasteiger partial charge in [-0.25, -0.2) is 4.98 Å². The van der Waals surface area contributed by atoms with Gasteiger partial charge in [0.15, 0.2) is 0 Å². The summed E-state index contributed by atoms with van der Waals surface area (Å²) < 4.78 is 0. The molecule has 0 spiro atoms. The fourth-order valence-electron chi connectivity index (χ4n) is 3.12. The number of β-amino-alcohol motifs (C(OH)–C–C–N with tert-alkyl or cyclic N) is 1. The number of aromatic nitrogens is 2. The molecule has 0 aliphatic carbocycles. The predicted octanol–water partition coefficient (Wildman–Crippen LogP) is 2.50. The highest BCUT2D eigenvalue weighted by Crippen LogP contribution is 2.26. The second-order valence-corrected chi connectivity index (χ2v) is 6.00. The number of fused-ring (bicyclic) bond motifs is 1. The van der Waals surface area contributed by atoms with Crippen molar-refractivity contribution >= 4 is 16.8 Å². The monoisotopic (exact) mass is 319 g/mol. The van der Waals surface area contributed by atoms with Gasteiger partial charge in [-0.1, -0.05) is 18.2 Å². The molecule has 0 radical (unpaired) electrons. The summed E-state index contributed by atoms with van der Waals surface area (Å²) in [6, 6.07) is 13.2. The first-order valence-corrected chi connectivity index (χ1v) is 8.00. The Hall–Kier alpha value is -2.79. The Labute approximate surface area is 139 Å². The lowest BCUT2D eigenvalue weighted by molar-refractivity contribution is 0.0767. The van der Waals surface area contributed by atoms with Crippen molar-refractivity contribution in [3.8, 4) is 11.3 Å². The summed E-state index contributed by atoms with van der Waals surface area (Å²) in [6.07, 6.45) is 3.63. The first-order valence-electron chi connectivity index (χ1n) is 8.00. The van der Waals surface area contributed by atoms with Crippen LogP contribution in [-0.2, 0) is 0 Å². The number of hydrogen-bond donors (Lipinski definition) is 1. The number of carbonyl (C=O) groups excluding carboxylic acids is 1. The van der Waals surface area contributed by atoms with Gasteiger partial charge >= 0.3 is 0 Å². The Bertz CT molecular complexity index is 896. The highest BCUT2D eigenvalue weighted by molar-refractivity contribution is 6.07. The maximum Gasteiger partial charge on any atom is 0.254 e. The molecule has 1 fully saturated rings. The number of nitrogens with zero attached hydrogens (tertiary/aromatic N) is 3. The van der Waals surface area contributed by atoms with E-state index in [9.17, 15) is 9.90 Å². The van der Waals surface area contributed by atoms with Gasteiger partial charge in [-0.15, -0.1) is 0 Å². The van der Waals surface area contributed by atoms with Gasteiger partial charge in [0.25, 0.3) is 5.91 Å². The molecule has 120 valence electrons. The molecule has 1 aromatic carbocycles. The summed E-state index contributed by atoms with van der Waals surface area (Å²) >= 11 is 0. The van der Waals surface area contributed by atoms with Gasteiger partial charge in [0.05, 0.1) is 22.9 Å². The minimum Gasteiger partial charge on any atom is -0.391 e. The average Bonchev–Trinajstić information content (AvgIpc) is 3.07. The third-order valence-corrected chi connectivity index (χ3v) is 4.37. The molecule has 1 saturated heterocycles. The van der Waals surface area contributed by atoms with Crippen LogP contribution >= 0.6 is 0 Å². The van der Waals surface area contributed by atoms with Crippen LogP contribution in [0.15, 0.2) is 54.9 Å². The average molecular weight is 319 g/mol. The molecule has 24 heavy (non-hydrogen) atoms. The Balaban J connectivity index is 1.85. The fourth-order valence-corrected chi connectivity index (χ4v) is 3.12. The summed E-state index contributed by atoms with van der Waals surface area (Å²) in [5.41, 5.74) is 3.09. The molecule has 1 aliphatic rings. The Morgan fingerprint density at radius 2 is 1.96 bits per heavy atom. The SMILES string of the molecule is O=C(c1cc(-c2ccncc2)nc2ccccc12)N1CC[C@@H](O)C1. The van der Waals surface area contributed by atoms with Crippen molar-refractivity contribution in [1.82, 2.24) is 14.9 Å². The summed E-state index contributed by atoms with van der Waals surface area (Å²) in [5.74, 6) is -0.0551. The minimum atomic E-state index is -0.429. The second kappa shape index (κ2) is 6.02. The van der Waals surface area contributed by atoms with Crippen LogP contribution in [0.3, 0.4) is 0 Å². The van der Waals surface area contributed by atoms with E-state index in [2.05, 4.69) is 9.97 Å². The maximum absolute atomic E-state index is 13.0. The maximum atomic E-state index is 13.0. The topological polar surface area (TPSA) is 66.3 Å². The van der Waals surface area contributed by atoms with Crippen LogP contribution in [0.4, 0.5) is 0 Å². The van der Waals surface area contributed by atoms with Crippen molar-refractivity contribution in [3.05, 3.63) is 60.4 Å². The summed E-state index contributed by atoms with van der Waals surface area (Å²) in [7, 11) is 0. The van der Waals surface area contributed by atoms with Crippen LogP contribution in [-0.4, -0.2) is 45.1 Å². The zero-order valence-electron chi connectivity index (χ0n) is 13.1. The van der Waals surface area contributed by atoms with E-state index in [1.807, 2.05) is 42.5 Å².